The van der Waals surface area contributed by atoms with Crippen LogP contribution in [0.4, 0.5) is 0 Å². The molecule has 0 unspecified atom stereocenters. The molecule has 0 amide bonds. The zero-order valence-electron chi connectivity index (χ0n) is 19.1. The van der Waals surface area contributed by atoms with E-state index in [2.05, 4.69) is 14.7 Å². The largest absolute Gasteiger partial charge is 0.478 e. The Balaban J connectivity index is 0.000000196. The Hall–Kier alpha value is -4.74. The Kier molecular flexibility index (Phi) is 7.14. The van der Waals surface area contributed by atoms with Gasteiger partial charge in [0.15, 0.2) is 0 Å². The van der Waals surface area contributed by atoms with Crippen LogP contribution < -0.4 is 22.5 Å². The summed E-state index contributed by atoms with van der Waals surface area (Å²) in [4.78, 5) is 74.1. The lowest BCUT2D eigenvalue weighted by Gasteiger charge is -2.04. The normalized spacial score (nSPS) is 10.6. The van der Waals surface area contributed by atoms with Crippen molar-refractivity contribution in [2.75, 3.05) is 7.11 Å². The smallest absolute Gasteiger partial charge is 0.337 e. The van der Waals surface area contributed by atoms with Crippen LogP contribution in [0.1, 0.15) is 34.6 Å². The molecule has 0 aliphatic rings. The monoisotopic (exact) mass is 482 g/mol. The Bertz CT molecular complexity index is 1690. The number of aromatic nitrogens is 4. The first kappa shape index (κ1) is 24.9. The lowest BCUT2D eigenvalue weighted by Crippen LogP contribution is -2.34. The van der Waals surface area contributed by atoms with Crippen LogP contribution in [-0.4, -0.2) is 43.3 Å². The SMILES string of the molecule is CCn1c(=O)[nH]c2cc(C(=O)O)ccc2c1=O.CCn1c(=O)[nH]c2cc(C(=O)OC)ccc2c1=O. The average molecular weight is 482 g/mol. The highest BCUT2D eigenvalue weighted by Crippen LogP contribution is 2.10. The van der Waals surface area contributed by atoms with E-state index in [-0.39, 0.29) is 28.7 Å². The van der Waals surface area contributed by atoms with Crippen LogP contribution in [0.3, 0.4) is 0 Å². The van der Waals surface area contributed by atoms with Gasteiger partial charge in [0.1, 0.15) is 0 Å². The first-order valence-corrected chi connectivity index (χ1v) is 10.5. The number of hydrogen-bond acceptors (Lipinski definition) is 7. The highest BCUT2D eigenvalue weighted by atomic mass is 16.5. The fourth-order valence-electron chi connectivity index (χ4n) is 3.46. The maximum atomic E-state index is 12.0. The number of nitrogens with zero attached hydrogens (tertiary/aromatic N) is 2. The number of H-pyrrole nitrogens is 2. The number of esters is 1. The van der Waals surface area contributed by atoms with Crippen molar-refractivity contribution in [1.82, 2.24) is 19.1 Å². The molecule has 4 rings (SSSR count). The summed E-state index contributed by atoms with van der Waals surface area (Å²) >= 11 is 0. The van der Waals surface area contributed by atoms with Crippen molar-refractivity contribution < 1.29 is 19.4 Å². The average Bonchev–Trinajstić information content (AvgIpc) is 2.83. The van der Waals surface area contributed by atoms with Crippen molar-refractivity contribution >= 4 is 33.7 Å². The van der Waals surface area contributed by atoms with Gasteiger partial charge < -0.3 is 19.8 Å². The van der Waals surface area contributed by atoms with Crippen LogP contribution in [0.5, 0.6) is 0 Å². The standard InChI is InChI=1S/C12H12N2O4.C11H10N2O4/c1-3-14-10(15)8-5-4-7(11(16)18-2)6-9(8)13-12(14)17;1-2-13-9(14)7-4-3-6(10(15)16)5-8(7)12-11(13)17/h4-6H,3H2,1-2H3,(H,13,17);3-5H,2H2,1H3,(H,12,17)(H,15,16). The van der Waals surface area contributed by atoms with E-state index >= 15 is 0 Å². The van der Waals surface area contributed by atoms with Gasteiger partial charge in [-0.2, -0.15) is 0 Å². The number of fused-ring (bicyclic) bond motifs is 2. The van der Waals surface area contributed by atoms with Crippen molar-refractivity contribution in [3.05, 3.63) is 89.2 Å². The summed E-state index contributed by atoms with van der Waals surface area (Å²) in [6.07, 6.45) is 0. The molecule has 35 heavy (non-hydrogen) atoms. The van der Waals surface area contributed by atoms with E-state index in [1.54, 1.807) is 13.8 Å². The van der Waals surface area contributed by atoms with Crippen LogP contribution in [-0.2, 0) is 17.8 Å². The third kappa shape index (κ3) is 4.81. The summed E-state index contributed by atoms with van der Waals surface area (Å²) in [7, 11) is 1.27. The van der Waals surface area contributed by atoms with Gasteiger partial charge in [-0.1, -0.05) is 0 Å². The van der Waals surface area contributed by atoms with Gasteiger partial charge in [-0.25, -0.2) is 19.2 Å². The van der Waals surface area contributed by atoms with E-state index in [1.807, 2.05) is 0 Å². The van der Waals surface area contributed by atoms with Gasteiger partial charge in [0.25, 0.3) is 11.1 Å². The molecular weight excluding hydrogens is 460 g/mol. The fourth-order valence-corrected chi connectivity index (χ4v) is 3.46. The molecule has 0 spiro atoms. The Morgan fingerprint density at radius 1 is 0.800 bits per heavy atom. The number of rotatable bonds is 4. The number of methoxy groups -OCH3 is 1. The number of carboxylic acid groups (broad SMARTS) is 1. The molecule has 0 bridgehead atoms. The zero-order chi connectivity index (χ0) is 25.9. The molecule has 12 heteroatoms. The number of benzene rings is 2. The van der Waals surface area contributed by atoms with Crippen molar-refractivity contribution in [2.24, 2.45) is 0 Å². The number of nitrogens with one attached hydrogen (secondary N) is 2. The second-order valence-corrected chi connectivity index (χ2v) is 7.28. The van der Waals surface area contributed by atoms with Crippen LogP contribution in [0.2, 0.25) is 0 Å². The van der Waals surface area contributed by atoms with Crippen LogP contribution in [0, 0.1) is 0 Å². The molecule has 0 aliphatic heterocycles. The van der Waals surface area contributed by atoms with Crippen molar-refractivity contribution in [2.45, 2.75) is 26.9 Å². The van der Waals surface area contributed by atoms with Gasteiger partial charge in [0.05, 0.1) is 40.0 Å². The Morgan fingerprint density at radius 3 is 1.63 bits per heavy atom. The van der Waals surface area contributed by atoms with E-state index in [0.29, 0.717) is 22.8 Å². The van der Waals surface area contributed by atoms with E-state index in [0.717, 1.165) is 9.13 Å². The summed E-state index contributed by atoms with van der Waals surface area (Å²) < 4.78 is 6.73. The molecule has 0 aliphatic carbocycles. The molecule has 2 heterocycles. The molecule has 12 nitrogen and oxygen atoms in total. The van der Waals surface area contributed by atoms with Crippen molar-refractivity contribution in [3.63, 3.8) is 0 Å². The van der Waals surface area contributed by atoms with Gasteiger partial charge >= 0.3 is 23.3 Å². The maximum Gasteiger partial charge on any atom is 0.337 e. The quantitative estimate of drug-likeness (QED) is 0.360. The molecule has 0 fully saturated rings. The van der Waals surface area contributed by atoms with Crippen molar-refractivity contribution in [3.8, 4) is 0 Å². The number of carboxylic acids is 1. The molecule has 182 valence electrons. The molecule has 0 saturated heterocycles. The number of aromatic carboxylic acids is 1. The number of aromatic amines is 2. The van der Waals surface area contributed by atoms with E-state index in [9.17, 15) is 28.8 Å². The number of ether oxygens (including phenoxy) is 1. The predicted octanol–water partition coefficient (Wildman–Crippen LogP) is 0.904. The van der Waals surface area contributed by atoms with Crippen LogP contribution in [0.15, 0.2) is 55.6 Å². The summed E-state index contributed by atoms with van der Waals surface area (Å²) in [5.74, 6) is -1.62. The number of hydrogen-bond donors (Lipinski definition) is 3. The minimum Gasteiger partial charge on any atom is -0.478 e. The summed E-state index contributed by atoms with van der Waals surface area (Å²) in [5, 5.41) is 9.48. The van der Waals surface area contributed by atoms with Gasteiger partial charge in [-0.15, -0.1) is 0 Å². The summed E-state index contributed by atoms with van der Waals surface area (Å²) in [6, 6.07) is 8.46. The second kappa shape index (κ2) is 10.0. The van der Waals surface area contributed by atoms with Gasteiger partial charge in [-0.05, 0) is 50.2 Å². The van der Waals surface area contributed by atoms with E-state index in [4.69, 9.17) is 5.11 Å². The lowest BCUT2D eigenvalue weighted by atomic mass is 10.1. The Morgan fingerprint density at radius 2 is 1.23 bits per heavy atom. The molecule has 4 aromatic rings. The van der Waals surface area contributed by atoms with Gasteiger partial charge in [-0.3, -0.25) is 18.7 Å². The van der Waals surface area contributed by atoms with Crippen LogP contribution in [0.25, 0.3) is 21.8 Å². The number of carbonyl (C=O) groups is 2. The van der Waals surface area contributed by atoms with Crippen molar-refractivity contribution in [1.29, 1.82) is 0 Å². The molecular formula is C23H22N4O8. The molecule has 0 radical (unpaired) electrons. The topological polar surface area (TPSA) is 173 Å². The number of carbonyl (C=O) groups excluding carboxylic acids is 1. The van der Waals surface area contributed by atoms with Crippen LogP contribution >= 0.6 is 0 Å². The first-order valence-electron chi connectivity index (χ1n) is 10.5. The zero-order valence-corrected chi connectivity index (χ0v) is 19.1. The summed E-state index contributed by atoms with van der Waals surface area (Å²) in [5.41, 5.74) is -0.918. The highest BCUT2D eigenvalue weighted by Gasteiger charge is 2.11. The predicted molar refractivity (Wildman–Crippen MR) is 127 cm³/mol. The second-order valence-electron chi connectivity index (χ2n) is 7.28. The van der Waals surface area contributed by atoms with Gasteiger partial charge in [0, 0.05) is 13.1 Å². The Labute approximate surface area is 196 Å². The van der Waals surface area contributed by atoms with Gasteiger partial charge in [0.2, 0.25) is 0 Å². The summed E-state index contributed by atoms with van der Waals surface area (Å²) in [6.45, 7) is 3.97. The van der Waals surface area contributed by atoms with E-state index in [1.165, 1.54) is 43.5 Å². The highest BCUT2D eigenvalue weighted by molar-refractivity contribution is 5.94. The third-order valence-electron chi connectivity index (χ3n) is 5.26. The maximum absolute atomic E-state index is 12.0. The lowest BCUT2D eigenvalue weighted by molar-refractivity contribution is 0.0600. The molecule has 3 N–H and O–H groups in total. The molecule has 0 saturated carbocycles. The minimum absolute atomic E-state index is 0.0294. The molecule has 2 aromatic carbocycles. The molecule has 0 atom stereocenters. The minimum atomic E-state index is -1.10. The molecule has 2 aromatic heterocycles. The first-order chi connectivity index (χ1) is 16.6. The van der Waals surface area contributed by atoms with E-state index < -0.39 is 28.9 Å². The fraction of sp³-hybridized carbons (Fsp3) is 0.217. The third-order valence-corrected chi connectivity index (χ3v) is 5.26.